The summed E-state index contributed by atoms with van der Waals surface area (Å²) < 4.78 is 55.3. The Hall–Kier alpha value is -3.99. The van der Waals surface area contributed by atoms with Crippen molar-refractivity contribution in [3.05, 3.63) is 103 Å². The van der Waals surface area contributed by atoms with Crippen LogP contribution in [0.15, 0.2) is 91.1 Å². The summed E-state index contributed by atoms with van der Waals surface area (Å²) in [6.45, 7) is 0. The van der Waals surface area contributed by atoms with Gasteiger partial charge in [-0.2, -0.15) is 13.2 Å². The summed E-state index contributed by atoms with van der Waals surface area (Å²) in [5, 5.41) is 5.91. The molecule has 160 valence electrons. The number of pyridine rings is 1. The monoisotopic (exact) mass is 441 g/mol. The molecule has 0 aliphatic heterocycles. The third kappa shape index (κ3) is 3.11. The number of hydrogen-bond donors (Lipinski definition) is 0. The minimum Gasteiger partial charge on any atom is -0.256 e. The maximum Gasteiger partial charge on any atom is 0.417 e. The van der Waals surface area contributed by atoms with Gasteiger partial charge in [0.15, 0.2) is 0 Å². The quantitative estimate of drug-likeness (QED) is 0.184. The summed E-state index contributed by atoms with van der Waals surface area (Å²) in [5.41, 5.74) is 0.224. The van der Waals surface area contributed by atoms with E-state index in [9.17, 15) is 17.6 Å². The number of rotatable bonds is 1. The first-order valence-corrected chi connectivity index (χ1v) is 10.4. The van der Waals surface area contributed by atoms with Gasteiger partial charge in [0.05, 0.1) is 11.3 Å². The van der Waals surface area contributed by atoms with Gasteiger partial charge in [-0.1, -0.05) is 54.6 Å². The molecule has 0 spiro atoms. The van der Waals surface area contributed by atoms with Gasteiger partial charge in [0.1, 0.15) is 5.82 Å². The number of nitrogens with zero attached hydrogens (tertiary/aromatic N) is 1. The second-order valence-corrected chi connectivity index (χ2v) is 8.09. The van der Waals surface area contributed by atoms with Gasteiger partial charge in [-0.3, -0.25) is 4.98 Å². The van der Waals surface area contributed by atoms with Crippen molar-refractivity contribution in [2.45, 2.75) is 6.18 Å². The number of aromatic nitrogens is 1. The second-order valence-electron chi connectivity index (χ2n) is 8.09. The Morgan fingerprint density at radius 2 is 1.24 bits per heavy atom. The number of benzene rings is 5. The fraction of sp³-hybridized carbons (Fsp3) is 0.0357. The predicted octanol–water partition coefficient (Wildman–Crippen LogP) is 8.52. The molecule has 0 unspecified atom stereocenters. The van der Waals surface area contributed by atoms with E-state index in [1.165, 1.54) is 24.3 Å². The molecular formula is C28H15F4N. The molecule has 6 rings (SSSR count). The minimum atomic E-state index is -4.49. The van der Waals surface area contributed by atoms with E-state index in [4.69, 9.17) is 0 Å². The van der Waals surface area contributed by atoms with Crippen molar-refractivity contribution in [1.82, 2.24) is 4.98 Å². The molecule has 0 amide bonds. The normalized spacial score (nSPS) is 12.2. The molecule has 0 saturated carbocycles. The first-order chi connectivity index (χ1) is 15.9. The van der Waals surface area contributed by atoms with Crippen LogP contribution < -0.4 is 0 Å². The molecule has 5 heteroatoms. The van der Waals surface area contributed by atoms with Crippen molar-refractivity contribution in [1.29, 1.82) is 0 Å². The third-order valence-corrected chi connectivity index (χ3v) is 6.16. The standard InChI is InChI=1S/C28H15F4N/c29-19-6-8-20-17(14-19)5-7-23-22(20)9-10-25-24(23)11-12-33-27(25)18-13-16-3-1-2-4-21(16)26(15-18)28(30,31)32/h1-15H. The van der Waals surface area contributed by atoms with Gasteiger partial charge in [0.2, 0.25) is 0 Å². The largest absolute Gasteiger partial charge is 0.417 e. The molecular weight excluding hydrogens is 426 g/mol. The molecule has 33 heavy (non-hydrogen) atoms. The van der Waals surface area contributed by atoms with Crippen molar-refractivity contribution in [3.63, 3.8) is 0 Å². The number of alkyl halides is 3. The molecule has 0 bridgehead atoms. The Morgan fingerprint density at radius 3 is 2.09 bits per heavy atom. The lowest BCUT2D eigenvalue weighted by Gasteiger charge is -2.15. The minimum absolute atomic E-state index is 0.165. The van der Waals surface area contributed by atoms with E-state index in [0.717, 1.165) is 32.3 Å². The van der Waals surface area contributed by atoms with Gasteiger partial charge in [-0.05, 0) is 68.0 Å². The van der Waals surface area contributed by atoms with Gasteiger partial charge in [-0.25, -0.2) is 4.39 Å². The molecule has 0 radical (unpaired) electrons. The number of halogens is 4. The van der Waals surface area contributed by atoms with Crippen LogP contribution in [0.1, 0.15) is 5.56 Å². The highest BCUT2D eigenvalue weighted by atomic mass is 19.4. The van der Waals surface area contributed by atoms with Crippen LogP contribution in [0, 0.1) is 5.82 Å². The second kappa shape index (κ2) is 7.01. The smallest absolute Gasteiger partial charge is 0.256 e. The lowest BCUT2D eigenvalue weighted by molar-refractivity contribution is -0.136. The van der Waals surface area contributed by atoms with Crippen molar-refractivity contribution in [2.75, 3.05) is 0 Å². The van der Waals surface area contributed by atoms with E-state index < -0.39 is 11.7 Å². The highest BCUT2D eigenvalue weighted by molar-refractivity contribution is 6.19. The molecule has 0 fully saturated rings. The summed E-state index contributed by atoms with van der Waals surface area (Å²) in [7, 11) is 0. The zero-order chi connectivity index (χ0) is 22.7. The Morgan fingerprint density at radius 1 is 0.576 bits per heavy atom. The average Bonchev–Trinajstić information content (AvgIpc) is 2.81. The Balaban J connectivity index is 1.66. The SMILES string of the molecule is Fc1ccc2c(ccc3c4ccnc(-c5cc(C(F)(F)F)c6ccccc6c5)c4ccc23)c1. The van der Waals surface area contributed by atoms with Crippen LogP contribution in [0.5, 0.6) is 0 Å². The van der Waals surface area contributed by atoms with E-state index in [-0.39, 0.29) is 11.2 Å². The van der Waals surface area contributed by atoms with E-state index in [1.54, 1.807) is 36.5 Å². The maximum absolute atomic E-state index is 13.9. The Kier molecular flexibility index (Phi) is 4.18. The molecule has 1 heterocycles. The Labute approximate surface area is 185 Å². The van der Waals surface area contributed by atoms with Gasteiger partial charge >= 0.3 is 6.18 Å². The summed E-state index contributed by atoms with van der Waals surface area (Å²) >= 11 is 0. The molecule has 5 aromatic carbocycles. The van der Waals surface area contributed by atoms with Crippen molar-refractivity contribution >= 4 is 43.1 Å². The Bertz CT molecular complexity index is 1720. The molecule has 1 aromatic heterocycles. The van der Waals surface area contributed by atoms with Crippen LogP contribution in [-0.2, 0) is 6.18 Å². The van der Waals surface area contributed by atoms with Crippen LogP contribution in [0.4, 0.5) is 17.6 Å². The topological polar surface area (TPSA) is 12.9 Å². The zero-order valence-corrected chi connectivity index (χ0v) is 17.1. The lowest BCUT2D eigenvalue weighted by atomic mass is 9.93. The molecule has 0 atom stereocenters. The highest BCUT2D eigenvalue weighted by Gasteiger charge is 2.33. The summed E-state index contributed by atoms with van der Waals surface area (Å²) in [6.07, 6.45) is -2.87. The first-order valence-electron chi connectivity index (χ1n) is 10.4. The number of hydrogen-bond acceptors (Lipinski definition) is 1. The molecule has 1 nitrogen and oxygen atoms in total. The fourth-order valence-electron chi connectivity index (χ4n) is 4.69. The van der Waals surface area contributed by atoms with Gasteiger partial charge < -0.3 is 0 Å². The molecule has 6 aromatic rings. The summed E-state index contributed by atoms with van der Waals surface area (Å²) in [5.74, 6) is -0.300. The zero-order valence-electron chi connectivity index (χ0n) is 17.1. The number of fused-ring (bicyclic) bond motifs is 6. The van der Waals surface area contributed by atoms with Crippen LogP contribution in [-0.4, -0.2) is 4.98 Å². The lowest BCUT2D eigenvalue weighted by Crippen LogP contribution is -2.06. The fourth-order valence-corrected chi connectivity index (χ4v) is 4.69. The van der Waals surface area contributed by atoms with Crippen molar-refractivity contribution in [2.24, 2.45) is 0 Å². The molecule has 0 saturated heterocycles. The highest BCUT2D eigenvalue weighted by Crippen LogP contribution is 2.40. The van der Waals surface area contributed by atoms with E-state index in [1.807, 2.05) is 30.3 Å². The third-order valence-electron chi connectivity index (χ3n) is 6.16. The van der Waals surface area contributed by atoms with Crippen LogP contribution in [0.3, 0.4) is 0 Å². The maximum atomic E-state index is 13.9. The molecule has 0 aliphatic carbocycles. The van der Waals surface area contributed by atoms with Crippen molar-refractivity contribution in [3.8, 4) is 11.3 Å². The first kappa shape index (κ1) is 19.7. The average molecular weight is 441 g/mol. The predicted molar refractivity (Wildman–Crippen MR) is 125 cm³/mol. The molecule has 0 N–H and O–H groups in total. The van der Waals surface area contributed by atoms with E-state index >= 15 is 0 Å². The molecule has 0 aliphatic rings. The summed E-state index contributed by atoms with van der Waals surface area (Å²) in [4.78, 5) is 4.47. The van der Waals surface area contributed by atoms with E-state index in [2.05, 4.69) is 4.98 Å². The van der Waals surface area contributed by atoms with Crippen LogP contribution in [0.25, 0.3) is 54.3 Å². The summed E-state index contributed by atoms with van der Waals surface area (Å²) in [6, 6.07) is 23.5. The van der Waals surface area contributed by atoms with Gasteiger partial charge in [0, 0.05) is 17.1 Å². The van der Waals surface area contributed by atoms with Gasteiger partial charge in [0.25, 0.3) is 0 Å². The van der Waals surface area contributed by atoms with Crippen molar-refractivity contribution < 1.29 is 17.6 Å². The van der Waals surface area contributed by atoms with Crippen LogP contribution in [0.2, 0.25) is 0 Å². The van der Waals surface area contributed by atoms with E-state index in [0.29, 0.717) is 16.6 Å². The van der Waals surface area contributed by atoms with Crippen LogP contribution >= 0.6 is 0 Å². The van der Waals surface area contributed by atoms with Gasteiger partial charge in [-0.15, -0.1) is 0 Å².